The largest absolute Gasteiger partial charge is 0.353 e. The van der Waals surface area contributed by atoms with Crippen molar-refractivity contribution >= 4 is 29.3 Å². The van der Waals surface area contributed by atoms with Gasteiger partial charge in [0.15, 0.2) is 0 Å². The lowest BCUT2D eigenvalue weighted by Gasteiger charge is -2.32. The van der Waals surface area contributed by atoms with E-state index in [0.717, 1.165) is 12.8 Å². The van der Waals surface area contributed by atoms with Gasteiger partial charge in [-0.1, -0.05) is 0 Å². The van der Waals surface area contributed by atoms with Crippen molar-refractivity contribution < 1.29 is 14.4 Å². The average molecular weight is 330 g/mol. The highest BCUT2D eigenvalue weighted by Crippen LogP contribution is 2.21. The van der Waals surface area contributed by atoms with Crippen LogP contribution < -0.4 is 5.32 Å². The molecule has 0 aromatic rings. The molecule has 0 radical (unpaired) electrons. The first-order valence-electron chi connectivity index (χ1n) is 7.86. The van der Waals surface area contributed by atoms with E-state index < -0.39 is 0 Å². The van der Waals surface area contributed by atoms with Crippen molar-refractivity contribution in [1.29, 1.82) is 0 Å². The third-order valence-corrected chi connectivity index (χ3v) is 4.69. The molecule has 124 valence electrons. The Morgan fingerprint density at radius 1 is 1.32 bits per heavy atom. The summed E-state index contributed by atoms with van der Waals surface area (Å²) in [5.74, 6) is -0.291. The number of amides is 3. The summed E-state index contributed by atoms with van der Waals surface area (Å²) in [5.41, 5.74) is 0. The topological polar surface area (TPSA) is 69.7 Å². The molecule has 22 heavy (non-hydrogen) atoms. The van der Waals surface area contributed by atoms with Crippen LogP contribution in [-0.2, 0) is 14.4 Å². The van der Waals surface area contributed by atoms with E-state index in [1.54, 1.807) is 9.80 Å². The van der Waals surface area contributed by atoms with Crippen molar-refractivity contribution in [2.75, 3.05) is 25.5 Å². The van der Waals surface area contributed by atoms with Crippen LogP contribution in [0.4, 0.5) is 0 Å². The summed E-state index contributed by atoms with van der Waals surface area (Å²) in [7, 11) is 0. The fourth-order valence-electron chi connectivity index (χ4n) is 3.08. The number of carbonyl (C=O) groups is 3. The number of nitrogens with one attached hydrogen (secondary N) is 1. The molecule has 2 saturated heterocycles. The van der Waals surface area contributed by atoms with Crippen molar-refractivity contribution in [2.24, 2.45) is 5.92 Å². The molecule has 0 spiro atoms. The molecule has 0 aliphatic carbocycles. The van der Waals surface area contributed by atoms with E-state index in [1.165, 1.54) is 0 Å². The summed E-state index contributed by atoms with van der Waals surface area (Å²) < 4.78 is 0. The Hall–Kier alpha value is -1.30. The third-order valence-electron chi connectivity index (χ3n) is 4.46. The smallest absolute Gasteiger partial charge is 0.237 e. The first-order chi connectivity index (χ1) is 10.4. The van der Waals surface area contributed by atoms with Gasteiger partial charge >= 0.3 is 0 Å². The molecule has 0 aromatic heterocycles. The summed E-state index contributed by atoms with van der Waals surface area (Å²) in [6.07, 6.45) is 1.78. The molecule has 2 aliphatic rings. The number of likely N-dealkylation sites (tertiary alicyclic amines) is 2. The summed E-state index contributed by atoms with van der Waals surface area (Å²) in [6, 6.07) is 0.213. The number of alkyl halides is 1. The second-order valence-electron chi connectivity index (χ2n) is 6.34. The first kappa shape index (κ1) is 17.1. The average Bonchev–Trinajstić information content (AvgIpc) is 2.89. The van der Waals surface area contributed by atoms with E-state index in [0.29, 0.717) is 26.1 Å². The Morgan fingerprint density at radius 2 is 1.95 bits per heavy atom. The zero-order valence-electron chi connectivity index (χ0n) is 13.2. The molecule has 1 N–H and O–H groups in total. The van der Waals surface area contributed by atoms with Crippen LogP contribution >= 0.6 is 11.6 Å². The molecule has 0 bridgehead atoms. The molecular weight excluding hydrogens is 306 g/mol. The molecule has 6 nitrogen and oxygen atoms in total. The van der Waals surface area contributed by atoms with Crippen molar-refractivity contribution in [3.8, 4) is 0 Å². The zero-order valence-corrected chi connectivity index (χ0v) is 13.9. The van der Waals surface area contributed by atoms with Crippen LogP contribution in [0.5, 0.6) is 0 Å². The van der Waals surface area contributed by atoms with Gasteiger partial charge in [-0.25, -0.2) is 0 Å². The minimum Gasteiger partial charge on any atom is -0.353 e. The molecule has 2 fully saturated rings. The van der Waals surface area contributed by atoms with Crippen LogP contribution in [-0.4, -0.2) is 65.1 Å². The van der Waals surface area contributed by atoms with Crippen LogP contribution in [0.15, 0.2) is 0 Å². The van der Waals surface area contributed by atoms with Gasteiger partial charge in [-0.05, 0) is 26.7 Å². The highest BCUT2D eigenvalue weighted by Gasteiger charge is 2.36. The molecule has 2 rings (SSSR count). The second-order valence-corrected chi connectivity index (χ2v) is 6.61. The van der Waals surface area contributed by atoms with Crippen molar-refractivity contribution in [2.45, 2.75) is 45.2 Å². The van der Waals surface area contributed by atoms with Gasteiger partial charge in [0.2, 0.25) is 17.7 Å². The summed E-state index contributed by atoms with van der Waals surface area (Å²) in [5, 5.41) is 3.03. The van der Waals surface area contributed by atoms with E-state index in [-0.39, 0.29) is 41.6 Å². The minimum atomic E-state index is -0.252. The summed E-state index contributed by atoms with van der Waals surface area (Å²) in [4.78, 5) is 39.2. The standard InChI is InChI=1S/C15H24ClN3O3/c1-10(2)19-9-11(7-13(19)20)15(22)17-12-3-5-18(6-4-12)14(21)8-16/h10-12H,3-9H2,1-2H3,(H,17,22). The molecule has 0 aromatic carbocycles. The van der Waals surface area contributed by atoms with Crippen molar-refractivity contribution in [1.82, 2.24) is 15.1 Å². The lowest BCUT2D eigenvalue weighted by Crippen LogP contribution is -2.48. The van der Waals surface area contributed by atoms with Gasteiger partial charge in [-0.2, -0.15) is 0 Å². The maximum absolute atomic E-state index is 12.3. The predicted molar refractivity (Wildman–Crippen MR) is 83.4 cm³/mol. The van der Waals surface area contributed by atoms with E-state index in [4.69, 9.17) is 11.6 Å². The highest BCUT2D eigenvalue weighted by atomic mass is 35.5. The first-order valence-corrected chi connectivity index (χ1v) is 8.39. The van der Waals surface area contributed by atoms with Gasteiger partial charge in [-0.15, -0.1) is 11.6 Å². The zero-order chi connectivity index (χ0) is 16.3. The Bertz CT molecular complexity index is 447. The molecule has 2 heterocycles. The van der Waals surface area contributed by atoms with Gasteiger partial charge in [0.05, 0.1) is 5.92 Å². The number of hydrogen-bond donors (Lipinski definition) is 1. The summed E-state index contributed by atoms with van der Waals surface area (Å²) in [6.45, 7) is 5.67. The third kappa shape index (κ3) is 3.91. The van der Waals surface area contributed by atoms with Crippen LogP contribution in [0.25, 0.3) is 0 Å². The molecule has 7 heteroatoms. The van der Waals surface area contributed by atoms with Crippen LogP contribution in [0, 0.1) is 5.92 Å². The number of hydrogen-bond acceptors (Lipinski definition) is 3. The highest BCUT2D eigenvalue weighted by molar-refractivity contribution is 6.27. The Kier molecular flexibility index (Phi) is 5.67. The predicted octanol–water partition coefficient (Wildman–Crippen LogP) is 0.589. The van der Waals surface area contributed by atoms with Crippen LogP contribution in [0.3, 0.4) is 0 Å². The number of halogens is 1. The molecule has 1 atom stereocenters. The fourth-order valence-corrected chi connectivity index (χ4v) is 3.25. The molecule has 0 saturated carbocycles. The van der Waals surface area contributed by atoms with Gasteiger partial charge in [-0.3, -0.25) is 14.4 Å². The Balaban J connectivity index is 1.79. The number of piperidine rings is 1. The number of carbonyl (C=O) groups excluding carboxylic acids is 3. The van der Waals surface area contributed by atoms with Crippen LogP contribution in [0.2, 0.25) is 0 Å². The molecule has 3 amide bonds. The van der Waals surface area contributed by atoms with E-state index in [1.807, 2.05) is 13.8 Å². The normalized spacial score (nSPS) is 23.3. The van der Waals surface area contributed by atoms with E-state index in [9.17, 15) is 14.4 Å². The quantitative estimate of drug-likeness (QED) is 0.767. The van der Waals surface area contributed by atoms with Gasteiger partial charge < -0.3 is 15.1 Å². The van der Waals surface area contributed by atoms with Gasteiger partial charge in [0.25, 0.3) is 0 Å². The molecular formula is C15H24ClN3O3. The van der Waals surface area contributed by atoms with Gasteiger partial charge in [0.1, 0.15) is 5.88 Å². The number of nitrogens with zero attached hydrogens (tertiary/aromatic N) is 2. The molecule has 2 aliphatic heterocycles. The molecule has 1 unspecified atom stereocenters. The monoisotopic (exact) mass is 329 g/mol. The lowest BCUT2D eigenvalue weighted by atomic mass is 10.0. The fraction of sp³-hybridized carbons (Fsp3) is 0.800. The lowest BCUT2D eigenvalue weighted by molar-refractivity contribution is -0.131. The van der Waals surface area contributed by atoms with E-state index >= 15 is 0 Å². The maximum atomic E-state index is 12.3. The Labute approximate surface area is 136 Å². The summed E-state index contributed by atoms with van der Waals surface area (Å²) >= 11 is 5.55. The SMILES string of the molecule is CC(C)N1CC(C(=O)NC2CCN(C(=O)CCl)CC2)CC1=O. The van der Waals surface area contributed by atoms with Gasteiger partial charge in [0, 0.05) is 38.1 Å². The maximum Gasteiger partial charge on any atom is 0.237 e. The minimum absolute atomic E-state index is 0.00620. The Morgan fingerprint density at radius 3 is 2.45 bits per heavy atom. The van der Waals surface area contributed by atoms with E-state index in [2.05, 4.69) is 5.32 Å². The van der Waals surface area contributed by atoms with Crippen molar-refractivity contribution in [3.05, 3.63) is 0 Å². The van der Waals surface area contributed by atoms with Crippen molar-refractivity contribution in [3.63, 3.8) is 0 Å². The number of rotatable bonds is 4. The second kappa shape index (κ2) is 7.31. The van der Waals surface area contributed by atoms with Crippen LogP contribution in [0.1, 0.15) is 33.1 Å².